The van der Waals surface area contributed by atoms with Crippen molar-refractivity contribution in [1.29, 1.82) is 0 Å². The molecule has 0 aliphatic carbocycles. The summed E-state index contributed by atoms with van der Waals surface area (Å²) in [7, 11) is 0. The maximum absolute atomic E-state index is 11.7. The largest absolute Gasteiger partial charge is 0.508 e. The molecule has 0 unspecified atom stereocenters. The Kier molecular flexibility index (Phi) is 4.71. The van der Waals surface area contributed by atoms with E-state index < -0.39 is 0 Å². The Morgan fingerprint density at radius 3 is 2.43 bits per heavy atom. The molecule has 0 radical (unpaired) electrons. The van der Waals surface area contributed by atoms with Crippen LogP contribution in [0.2, 0.25) is 0 Å². The second-order valence-electron chi connectivity index (χ2n) is 6.54. The summed E-state index contributed by atoms with van der Waals surface area (Å²) in [5.41, 5.74) is 3.45. The number of hydrogen-bond acceptors (Lipinski definition) is 4. The maximum atomic E-state index is 11.7. The van der Waals surface area contributed by atoms with Gasteiger partial charge in [0.15, 0.2) is 5.11 Å². The first-order chi connectivity index (χ1) is 13.5. The number of carbonyl (C=O) groups is 1. The van der Waals surface area contributed by atoms with Gasteiger partial charge in [0, 0.05) is 11.3 Å². The molecule has 1 saturated heterocycles. The topological polar surface area (TPSA) is 61.8 Å². The zero-order valence-corrected chi connectivity index (χ0v) is 16.0. The molecule has 1 fully saturated rings. The van der Waals surface area contributed by atoms with E-state index >= 15 is 0 Å². The molecule has 3 aromatic carbocycles. The van der Waals surface area contributed by atoms with Crippen LogP contribution in [0.4, 0.5) is 5.69 Å². The predicted molar refractivity (Wildman–Crippen MR) is 113 cm³/mol. The minimum Gasteiger partial charge on any atom is -0.508 e. The summed E-state index contributed by atoms with van der Waals surface area (Å²) in [6.07, 6.45) is 0. The van der Waals surface area contributed by atoms with E-state index in [1.54, 1.807) is 17.0 Å². The Labute approximate surface area is 168 Å². The van der Waals surface area contributed by atoms with E-state index in [4.69, 9.17) is 17.0 Å². The van der Waals surface area contributed by atoms with Gasteiger partial charge in [-0.2, -0.15) is 0 Å². The number of nitrogens with zero attached hydrogens (tertiary/aromatic N) is 1. The van der Waals surface area contributed by atoms with E-state index in [2.05, 4.69) is 5.32 Å². The highest BCUT2D eigenvalue weighted by Gasteiger charge is 2.26. The van der Waals surface area contributed by atoms with Crippen molar-refractivity contribution in [2.75, 3.05) is 11.4 Å². The third kappa shape index (κ3) is 3.54. The van der Waals surface area contributed by atoms with Crippen molar-refractivity contribution in [3.8, 4) is 28.4 Å². The number of carbonyl (C=O) groups excluding carboxylic acids is 1. The summed E-state index contributed by atoms with van der Waals surface area (Å²) in [6, 6.07) is 20.4. The third-order valence-corrected chi connectivity index (χ3v) is 4.83. The fourth-order valence-electron chi connectivity index (χ4n) is 3.16. The van der Waals surface area contributed by atoms with Crippen LogP contribution in [0.15, 0.2) is 66.7 Å². The van der Waals surface area contributed by atoms with Gasteiger partial charge in [-0.15, -0.1) is 0 Å². The summed E-state index contributed by atoms with van der Waals surface area (Å²) in [5.74, 6) is 1.51. The molecule has 140 valence electrons. The second kappa shape index (κ2) is 7.32. The molecule has 0 saturated carbocycles. The molecular weight excluding hydrogens is 372 g/mol. The first-order valence-corrected chi connectivity index (χ1v) is 9.20. The Hall–Kier alpha value is -3.38. The maximum Gasteiger partial charge on any atom is 0.246 e. The number of ether oxygens (including phenoxy) is 1. The summed E-state index contributed by atoms with van der Waals surface area (Å²) in [6.45, 7) is 2.15. The number of hydrogen-bond donors (Lipinski definition) is 2. The van der Waals surface area contributed by atoms with Gasteiger partial charge in [0.1, 0.15) is 23.8 Å². The third-order valence-electron chi connectivity index (χ3n) is 4.51. The number of benzene rings is 3. The number of aromatic hydroxyl groups is 1. The molecule has 5 nitrogen and oxygen atoms in total. The van der Waals surface area contributed by atoms with Crippen LogP contribution in [0, 0.1) is 6.92 Å². The highest BCUT2D eigenvalue weighted by molar-refractivity contribution is 7.80. The lowest BCUT2D eigenvalue weighted by atomic mass is 10.00. The van der Waals surface area contributed by atoms with Crippen molar-refractivity contribution >= 4 is 28.9 Å². The molecule has 1 heterocycles. The summed E-state index contributed by atoms with van der Waals surface area (Å²) in [5, 5.41) is 12.7. The van der Waals surface area contributed by atoms with Crippen LogP contribution in [0.3, 0.4) is 0 Å². The minimum atomic E-state index is -0.126. The number of aryl methyl sites for hydroxylation is 1. The Morgan fingerprint density at radius 1 is 1.07 bits per heavy atom. The fraction of sp³-hybridized carbons (Fsp3) is 0.0909. The van der Waals surface area contributed by atoms with Gasteiger partial charge in [-0.1, -0.05) is 30.3 Å². The molecule has 6 heteroatoms. The lowest BCUT2D eigenvalue weighted by molar-refractivity contribution is -0.117. The molecule has 0 aromatic heterocycles. The average Bonchev–Trinajstić information content (AvgIpc) is 3.03. The molecule has 3 aromatic rings. The van der Waals surface area contributed by atoms with Gasteiger partial charge in [0.05, 0.1) is 0 Å². The van der Waals surface area contributed by atoms with E-state index in [9.17, 15) is 9.90 Å². The summed E-state index contributed by atoms with van der Waals surface area (Å²) >= 11 is 5.29. The molecule has 2 N–H and O–H groups in total. The molecule has 0 spiro atoms. The Bertz CT molecular complexity index is 1050. The fourth-order valence-corrected chi connectivity index (χ4v) is 3.44. The minimum absolute atomic E-state index is 0.126. The van der Waals surface area contributed by atoms with E-state index in [0.29, 0.717) is 10.9 Å². The van der Waals surface area contributed by atoms with Gasteiger partial charge in [0.2, 0.25) is 5.91 Å². The number of anilines is 1. The lowest BCUT2D eigenvalue weighted by Gasteiger charge is -2.21. The monoisotopic (exact) mass is 390 g/mol. The van der Waals surface area contributed by atoms with E-state index in [1.165, 1.54) is 0 Å². The van der Waals surface area contributed by atoms with Gasteiger partial charge in [-0.3, -0.25) is 4.79 Å². The molecule has 0 bridgehead atoms. The van der Waals surface area contributed by atoms with Gasteiger partial charge >= 0.3 is 0 Å². The summed E-state index contributed by atoms with van der Waals surface area (Å²) < 4.78 is 6.19. The van der Waals surface area contributed by atoms with Crippen LogP contribution >= 0.6 is 12.2 Å². The Morgan fingerprint density at radius 2 is 1.79 bits per heavy atom. The number of thiocarbonyl (C=S) groups is 1. The SMILES string of the molecule is Cc1cc(N2CC(=O)NC2=S)cc(-c2ccc(O)cc2)c1Oc1ccccc1. The average molecular weight is 390 g/mol. The van der Waals surface area contributed by atoms with Gasteiger partial charge in [0.25, 0.3) is 0 Å². The second-order valence-corrected chi connectivity index (χ2v) is 6.93. The van der Waals surface area contributed by atoms with Crippen LogP contribution in [0.5, 0.6) is 17.2 Å². The zero-order valence-electron chi connectivity index (χ0n) is 15.2. The molecular formula is C22H18N2O3S. The first-order valence-electron chi connectivity index (χ1n) is 8.79. The first kappa shape index (κ1) is 18.0. The number of para-hydroxylation sites is 1. The summed E-state index contributed by atoms with van der Waals surface area (Å²) in [4.78, 5) is 13.5. The van der Waals surface area contributed by atoms with Crippen LogP contribution < -0.4 is 15.0 Å². The number of nitrogens with one attached hydrogen (secondary N) is 1. The van der Waals surface area contributed by atoms with E-state index in [1.807, 2.05) is 61.5 Å². The van der Waals surface area contributed by atoms with Crippen molar-refractivity contribution < 1.29 is 14.6 Å². The normalized spacial score (nSPS) is 13.5. The van der Waals surface area contributed by atoms with Crippen LogP contribution in [0.25, 0.3) is 11.1 Å². The van der Waals surface area contributed by atoms with Crippen molar-refractivity contribution in [2.24, 2.45) is 0 Å². The van der Waals surface area contributed by atoms with Crippen LogP contribution in [-0.2, 0) is 4.79 Å². The molecule has 0 atom stereocenters. The number of rotatable bonds is 4. The van der Waals surface area contributed by atoms with E-state index in [-0.39, 0.29) is 18.2 Å². The standard InChI is InChI=1S/C22H18N2O3S/c1-14-11-16(24-13-20(26)23-22(24)28)12-19(15-7-9-17(25)10-8-15)21(14)27-18-5-3-2-4-6-18/h2-12,25H,13H2,1H3,(H,23,26,28). The van der Waals surface area contributed by atoms with Gasteiger partial charge in [-0.05, 0) is 66.7 Å². The lowest BCUT2D eigenvalue weighted by Crippen LogP contribution is -2.27. The predicted octanol–water partition coefficient (Wildman–Crippen LogP) is 4.38. The van der Waals surface area contributed by atoms with Crippen molar-refractivity contribution in [2.45, 2.75) is 6.92 Å². The number of phenolic OH excluding ortho intramolecular Hbond substituents is 1. The van der Waals surface area contributed by atoms with Crippen LogP contribution in [0.1, 0.15) is 5.56 Å². The molecule has 1 amide bonds. The van der Waals surface area contributed by atoms with E-state index in [0.717, 1.165) is 28.1 Å². The smallest absolute Gasteiger partial charge is 0.246 e. The van der Waals surface area contributed by atoms with Crippen LogP contribution in [-0.4, -0.2) is 22.7 Å². The highest BCUT2D eigenvalue weighted by atomic mass is 32.1. The van der Waals surface area contributed by atoms with Crippen molar-refractivity contribution in [1.82, 2.24) is 5.32 Å². The Balaban J connectivity index is 1.84. The van der Waals surface area contributed by atoms with Gasteiger partial charge < -0.3 is 20.1 Å². The molecule has 4 rings (SSSR count). The zero-order chi connectivity index (χ0) is 19.7. The number of amides is 1. The highest BCUT2D eigenvalue weighted by Crippen LogP contribution is 2.40. The molecule has 1 aliphatic heterocycles. The van der Waals surface area contributed by atoms with Crippen molar-refractivity contribution in [3.05, 3.63) is 72.3 Å². The molecule has 1 aliphatic rings. The van der Waals surface area contributed by atoms with Crippen molar-refractivity contribution in [3.63, 3.8) is 0 Å². The number of phenols is 1. The van der Waals surface area contributed by atoms with Gasteiger partial charge in [-0.25, -0.2) is 0 Å². The molecule has 28 heavy (non-hydrogen) atoms. The quantitative estimate of drug-likeness (QED) is 0.648.